The van der Waals surface area contributed by atoms with Gasteiger partial charge in [-0.05, 0) is 54.4 Å². The highest BCUT2D eigenvalue weighted by Crippen LogP contribution is 2.12. The lowest BCUT2D eigenvalue weighted by Gasteiger charge is -2.08. The minimum Gasteiger partial charge on any atom is -0.347 e. The Morgan fingerprint density at radius 1 is 1.00 bits per heavy atom. The molecule has 136 valence electrons. The molecule has 0 aliphatic heterocycles. The van der Waals surface area contributed by atoms with Crippen molar-refractivity contribution in [3.63, 3.8) is 0 Å². The topological polar surface area (TPSA) is 71.1 Å². The number of rotatable bonds is 5. The van der Waals surface area contributed by atoms with Crippen molar-refractivity contribution < 1.29 is 9.59 Å². The molecule has 2 aromatic carbocycles. The summed E-state index contributed by atoms with van der Waals surface area (Å²) in [5.74, 6) is -0.648. The highest BCUT2D eigenvalue weighted by Gasteiger charge is 2.12. The first-order valence-electron chi connectivity index (χ1n) is 8.38. The average Bonchev–Trinajstić information content (AvgIpc) is 2.67. The van der Waals surface area contributed by atoms with Gasteiger partial charge in [-0.2, -0.15) is 0 Å². The summed E-state index contributed by atoms with van der Waals surface area (Å²) in [6, 6.07) is 17.7. The van der Waals surface area contributed by atoms with Crippen LogP contribution in [0.1, 0.15) is 32.0 Å². The number of carbonyl (C=O) groups is 2. The van der Waals surface area contributed by atoms with E-state index in [1.807, 2.05) is 43.3 Å². The highest BCUT2D eigenvalue weighted by molar-refractivity contribution is 6.30. The zero-order chi connectivity index (χ0) is 19.2. The quantitative estimate of drug-likeness (QED) is 0.697. The fourth-order valence-corrected chi connectivity index (χ4v) is 2.62. The van der Waals surface area contributed by atoms with E-state index >= 15 is 0 Å². The Bertz CT molecular complexity index is 971. The summed E-state index contributed by atoms with van der Waals surface area (Å²) in [5, 5.41) is 6.24. The first-order chi connectivity index (χ1) is 13.0. The number of nitrogens with one attached hydrogen (secondary N) is 2. The van der Waals surface area contributed by atoms with Crippen molar-refractivity contribution in [2.75, 3.05) is 5.32 Å². The van der Waals surface area contributed by atoms with Gasteiger partial charge in [0.15, 0.2) is 0 Å². The molecule has 6 heteroatoms. The minimum absolute atomic E-state index is 0.181. The number of anilines is 1. The van der Waals surface area contributed by atoms with Gasteiger partial charge in [-0.1, -0.05) is 35.9 Å². The summed E-state index contributed by atoms with van der Waals surface area (Å²) in [4.78, 5) is 28.8. The van der Waals surface area contributed by atoms with Crippen LogP contribution in [0, 0.1) is 6.92 Å². The zero-order valence-corrected chi connectivity index (χ0v) is 15.5. The van der Waals surface area contributed by atoms with Gasteiger partial charge in [0, 0.05) is 29.0 Å². The number of amides is 2. The van der Waals surface area contributed by atoms with Crippen molar-refractivity contribution in [1.29, 1.82) is 0 Å². The van der Waals surface area contributed by atoms with Crippen LogP contribution < -0.4 is 10.6 Å². The van der Waals surface area contributed by atoms with Crippen molar-refractivity contribution >= 4 is 29.1 Å². The third kappa shape index (κ3) is 5.15. The monoisotopic (exact) mass is 379 g/mol. The first-order valence-corrected chi connectivity index (χ1v) is 8.76. The summed E-state index contributed by atoms with van der Waals surface area (Å²) in [5.41, 5.74) is 3.21. The van der Waals surface area contributed by atoms with E-state index in [2.05, 4.69) is 15.6 Å². The van der Waals surface area contributed by atoms with Gasteiger partial charge in [0.25, 0.3) is 11.8 Å². The molecule has 0 spiro atoms. The Morgan fingerprint density at radius 2 is 1.78 bits per heavy atom. The first kappa shape index (κ1) is 18.6. The van der Waals surface area contributed by atoms with E-state index in [-0.39, 0.29) is 17.5 Å². The number of hydrogen-bond donors (Lipinski definition) is 2. The Hall–Kier alpha value is -3.18. The molecule has 3 aromatic rings. The van der Waals surface area contributed by atoms with Crippen LogP contribution in [0.15, 0.2) is 66.9 Å². The Labute approximate surface area is 162 Å². The lowest BCUT2D eigenvalue weighted by molar-refractivity contribution is 0.0946. The van der Waals surface area contributed by atoms with Gasteiger partial charge in [0.05, 0.1) is 0 Å². The molecule has 0 bridgehead atoms. The maximum atomic E-state index is 12.4. The van der Waals surface area contributed by atoms with Crippen LogP contribution in [-0.4, -0.2) is 16.8 Å². The summed E-state index contributed by atoms with van der Waals surface area (Å²) >= 11 is 5.85. The van der Waals surface area contributed by atoms with Crippen LogP contribution in [0.2, 0.25) is 5.02 Å². The highest BCUT2D eigenvalue weighted by atomic mass is 35.5. The molecular weight excluding hydrogens is 362 g/mol. The molecule has 0 unspecified atom stereocenters. The SMILES string of the molecule is Cc1cccc(NC(=O)c2ccnc(C(=O)NCc3ccc(Cl)cc3)c2)c1. The second-order valence-corrected chi connectivity index (χ2v) is 6.50. The van der Waals surface area contributed by atoms with Gasteiger partial charge in [-0.25, -0.2) is 0 Å². The van der Waals surface area contributed by atoms with Gasteiger partial charge < -0.3 is 10.6 Å². The Kier molecular flexibility index (Phi) is 5.84. The molecule has 0 radical (unpaired) electrons. The van der Waals surface area contributed by atoms with E-state index in [1.165, 1.54) is 12.3 Å². The minimum atomic E-state index is -0.352. The summed E-state index contributed by atoms with van der Waals surface area (Å²) in [7, 11) is 0. The van der Waals surface area contributed by atoms with E-state index in [1.54, 1.807) is 18.2 Å². The fourth-order valence-electron chi connectivity index (χ4n) is 2.50. The number of aryl methyl sites for hydroxylation is 1. The third-order valence-electron chi connectivity index (χ3n) is 3.90. The summed E-state index contributed by atoms with van der Waals surface area (Å²) < 4.78 is 0. The van der Waals surface area contributed by atoms with Crippen LogP contribution in [0.4, 0.5) is 5.69 Å². The zero-order valence-electron chi connectivity index (χ0n) is 14.7. The maximum Gasteiger partial charge on any atom is 0.270 e. The number of carbonyl (C=O) groups excluding carboxylic acids is 2. The number of halogens is 1. The van der Waals surface area contributed by atoms with Crippen LogP contribution in [0.3, 0.4) is 0 Å². The molecule has 0 atom stereocenters. The second-order valence-electron chi connectivity index (χ2n) is 6.06. The van der Waals surface area contributed by atoms with Crippen LogP contribution in [0.25, 0.3) is 0 Å². The predicted octanol–water partition coefficient (Wildman–Crippen LogP) is 4.23. The number of hydrogen-bond acceptors (Lipinski definition) is 3. The molecule has 5 nitrogen and oxygen atoms in total. The molecule has 3 rings (SSSR count). The van der Waals surface area contributed by atoms with Gasteiger partial charge >= 0.3 is 0 Å². The fraction of sp³-hybridized carbons (Fsp3) is 0.0952. The molecule has 0 aliphatic rings. The number of benzene rings is 2. The Morgan fingerprint density at radius 3 is 2.52 bits per heavy atom. The number of aromatic nitrogens is 1. The Balaban J connectivity index is 1.66. The largest absolute Gasteiger partial charge is 0.347 e. The molecule has 0 aliphatic carbocycles. The number of nitrogens with zero attached hydrogens (tertiary/aromatic N) is 1. The summed E-state index contributed by atoms with van der Waals surface area (Å²) in [6.45, 7) is 2.29. The molecule has 0 saturated heterocycles. The van der Waals surface area contributed by atoms with Crippen molar-refractivity contribution in [2.24, 2.45) is 0 Å². The van der Waals surface area contributed by atoms with Crippen LogP contribution >= 0.6 is 11.6 Å². The molecule has 2 N–H and O–H groups in total. The average molecular weight is 380 g/mol. The van der Waals surface area contributed by atoms with Crippen molar-refractivity contribution in [3.8, 4) is 0 Å². The molecule has 1 heterocycles. The van der Waals surface area contributed by atoms with Gasteiger partial charge in [0.1, 0.15) is 5.69 Å². The third-order valence-corrected chi connectivity index (χ3v) is 4.15. The smallest absolute Gasteiger partial charge is 0.270 e. The number of pyridine rings is 1. The van der Waals surface area contributed by atoms with Crippen molar-refractivity contribution in [2.45, 2.75) is 13.5 Å². The lowest BCUT2D eigenvalue weighted by atomic mass is 10.1. The molecule has 0 fully saturated rings. The van der Waals surface area contributed by atoms with E-state index in [0.717, 1.165) is 11.1 Å². The van der Waals surface area contributed by atoms with E-state index in [4.69, 9.17) is 11.6 Å². The maximum absolute atomic E-state index is 12.4. The van der Waals surface area contributed by atoms with Gasteiger partial charge in [-0.3, -0.25) is 14.6 Å². The van der Waals surface area contributed by atoms with E-state index in [0.29, 0.717) is 22.8 Å². The second kappa shape index (κ2) is 8.47. The normalized spacial score (nSPS) is 10.3. The molecular formula is C21H18ClN3O2. The lowest BCUT2D eigenvalue weighted by Crippen LogP contribution is -2.24. The van der Waals surface area contributed by atoms with Gasteiger partial charge in [-0.15, -0.1) is 0 Å². The molecule has 27 heavy (non-hydrogen) atoms. The van der Waals surface area contributed by atoms with Gasteiger partial charge in [0.2, 0.25) is 0 Å². The van der Waals surface area contributed by atoms with Crippen molar-refractivity contribution in [1.82, 2.24) is 10.3 Å². The molecule has 0 saturated carbocycles. The summed E-state index contributed by atoms with van der Waals surface area (Å²) in [6.07, 6.45) is 1.45. The predicted molar refractivity (Wildman–Crippen MR) is 106 cm³/mol. The van der Waals surface area contributed by atoms with Crippen LogP contribution in [-0.2, 0) is 6.54 Å². The standard InChI is InChI=1S/C21H18ClN3O2/c1-14-3-2-4-18(11-14)25-20(26)16-9-10-23-19(12-16)21(27)24-13-15-5-7-17(22)8-6-15/h2-12H,13H2,1H3,(H,24,27)(H,25,26). The van der Waals surface area contributed by atoms with E-state index < -0.39 is 0 Å². The van der Waals surface area contributed by atoms with Crippen molar-refractivity contribution in [3.05, 3.63) is 94.3 Å². The molecule has 1 aromatic heterocycles. The molecule has 2 amide bonds. The van der Waals surface area contributed by atoms with E-state index in [9.17, 15) is 9.59 Å². The van der Waals surface area contributed by atoms with Crippen LogP contribution in [0.5, 0.6) is 0 Å².